The van der Waals surface area contributed by atoms with E-state index >= 15 is 0 Å². The van der Waals surface area contributed by atoms with Crippen molar-refractivity contribution in [2.24, 2.45) is 4.99 Å². The van der Waals surface area contributed by atoms with Crippen molar-refractivity contribution in [1.82, 2.24) is 9.62 Å². The number of hydrogen-bond acceptors (Lipinski definition) is 4. The molecular weight excluding hydrogens is 491 g/mol. The maximum atomic E-state index is 13.1. The fourth-order valence-corrected chi connectivity index (χ4v) is 6.32. The van der Waals surface area contributed by atoms with Gasteiger partial charge >= 0.3 is 6.18 Å². The van der Waals surface area contributed by atoms with E-state index in [0.717, 1.165) is 28.5 Å². The first-order chi connectivity index (χ1) is 17.1. The molecule has 188 valence electrons. The van der Waals surface area contributed by atoms with E-state index in [1.165, 1.54) is 16.4 Å². The second-order valence-corrected chi connectivity index (χ2v) is 11.2. The number of alkyl halides is 3. The van der Waals surface area contributed by atoms with Crippen LogP contribution in [-0.2, 0) is 27.4 Å². The quantitative estimate of drug-likeness (QED) is 0.555. The van der Waals surface area contributed by atoms with Gasteiger partial charge in [-0.15, -0.1) is 0 Å². The van der Waals surface area contributed by atoms with Gasteiger partial charge in [0.05, 0.1) is 11.3 Å². The molecule has 2 aliphatic rings. The van der Waals surface area contributed by atoms with Gasteiger partial charge in [0.15, 0.2) is 0 Å². The van der Waals surface area contributed by atoms with Gasteiger partial charge in [-0.3, -0.25) is 9.79 Å². The highest BCUT2D eigenvalue weighted by Crippen LogP contribution is 2.34. The third kappa shape index (κ3) is 4.62. The average molecular weight is 516 g/mol. The number of nitrogens with one attached hydrogen (secondary N) is 1. The van der Waals surface area contributed by atoms with E-state index < -0.39 is 33.2 Å². The Balaban J connectivity index is 1.28. The van der Waals surface area contributed by atoms with E-state index in [9.17, 15) is 26.4 Å². The number of piperidine rings is 1. The maximum Gasteiger partial charge on any atom is 0.416 e. The molecule has 1 N–H and O–H groups in total. The Labute approximate surface area is 206 Å². The zero-order chi connectivity index (χ0) is 25.6. The highest BCUT2D eigenvalue weighted by Gasteiger charge is 2.47. The molecule has 3 aromatic carbocycles. The Hall–Kier alpha value is -3.24. The van der Waals surface area contributed by atoms with Crippen LogP contribution in [0.25, 0.3) is 10.8 Å². The van der Waals surface area contributed by atoms with Crippen molar-refractivity contribution in [2.45, 2.75) is 31.0 Å². The summed E-state index contributed by atoms with van der Waals surface area (Å²) in [6, 6.07) is 18.3. The molecule has 3 aromatic rings. The maximum absolute atomic E-state index is 13.1. The Morgan fingerprint density at radius 3 is 2.42 bits per heavy atom. The van der Waals surface area contributed by atoms with Crippen molar-refractivity contribution in [3.05, 3.63) is 83.4 Å². The van der Waals surface area contributed by atoms with Crippen molar-refractivity contribution >= 4 is 32.5 Å². The lowest BCUT2D eigenvalue weighted by Gasteiger charge is -2.34. The van der Waals surface area contributed by atoms with Gasteiger partial charge < -0.3 is 5.32 Å². The molecule has 1 fully saturated rings. The molecule has 10 heteroatoms. The normalized spacial score (nSPS) is 18.4. The average Bonchev–Trinajstić information content (AvgIpc) is 3.18. The van der Waals surface area contributed by atoms with Crippen molar-refractivity contribution in [3.8, 4) is 0 Å². The number of nitrogens with zero attached hydrogens (tertiary/aromatic N) is 2. The molecule has 1 saturated heterocycles. The molecule has 36 heavy (non-hydrogen) atoms. The molecule has 0 radical (unpaired) electrons. The van der Waals surface area contributed by atoms with E-state index in [4.69, 9.17) is 0 Å². The summed E-state index contributed by atoms with van der Waals surface area (Å²) < 4.78 is 66.8. The SMILES string of the molecule is O=C1NC(c2cccc(C(F)(F)F)c2)=NC12CCN(S(=O)(=O)CCc1cccc3ccccc13)CC2. The van der Waals surface area contributed by atoms with Crippen LogP contribution in [0.15, 0.2) is 71.7 Å². The van der Waals surface area contributed by atoms with E-state index in [-0.39, 0.29) is 43.1 Å². The fraction of sp³-hybridized carbons (Fsp3) is 0.308. The van der Waals surface area contributed by atoms with E-state index in [1.807, 2.05) is 42.5 Å². The predicted octanol–water partition coefficient (Wildman–Crippen LogP) is 4.14. The molecule has 6 nitrogen and oxygen atoms in total. The smallest absolute Gasteiger partial charge is 0.308 e. The number of aryl methyl sites for hydroxylation is 1. The number of rotatable bonds is 5. The van der Waals surface area contributed by atoms with Crippen LogP contribution < -0.4 is 5.32 Å². The summed E-state index contributed by atoms with van der Waals surface area (Å²) in [5.74, 6) is -0.389. The second-order valence-electron chi connectivity index (χ2n) is 9.13. The molecule has 0 saturated carbocycles. The summed E-state index contributed by atoms with van der Waals surface area (Å²) in [6.45, 7) is 0.231. The van der Waals surface area contributed by atoms with Gasteiger partial charge in [0.25, 0.3) is 5.91 Å². The van der Waals surface area contributed by atoms with Crippen molar-refractivity contribution in [1.29, 1.82) is 0 Å². The number of halogens is 3. The molecular formula is C26H24F3N3O3S. The second kappa shape index (κ2) is 9.01. The van der Waals surface area contributed by atoms with Crippen LogP contribution in [0.5, 0.6) is 0 Å². The monoisotopic (exact) mass is 515 g/mol. The standard InChI is InChI=1S/C26H24F3N3O3S/c27-26(28,29)21-9-4-8-20(17-21)23-30-24(33)25(31-23)12-14-32(15-13-25)36(34,35)16-11-19-7-3-6-18-5-1-2-10-22(18)19/h1-10,17H,11-16H2,(H,30,31,33). The lowest BCUT2D eigenvalue weighted by atomic mass is 9.89. The highest BCUT2D eigenvalue weighted by molar-refractivity contribution is 7.89. The van der Waals surface area contributed by atoms with Crippen LogP contribution in [0.1, 0.15) is 29.5 Å². The molecule has 0 aromatic heterocycles. The number of sulfonamides is 1. The summed E-state index contributed by atoms with van der Waals surface area (Å²) in [6.07, 6.45) is -3.82. The number of fused-ring (bicyclic) bond motifs is 1. The first-order valence-electron chi connectivity index (χ1n) is 11.6. The molecule has 0 bridgehead atoms. The van der Waals surface area contributed by atoms with E-state index in [2.05, 4.69) is 10.3 Å². The number of amides is 1. The Morgan fingerprint density at radius 1 is 0.972 bits per heavy atom. The molecule has 2 aliphatic heterocycles. The first-order valence-corrected chi connectivity index (χ1v) is 13.2. The van der Waals surface area contributed by atoms with Crippen molar-refractivity contribution in [3.63, 3.8) is 0 Å². The van der Waals surface area contributed by atoms with Gasteiger partial charge in [-0.2, -0.15) is 13.2 Å². The highest BCUT2D eigenvalue weighted by atomic mass is 32.2. The Morgan fingerprint density at radius 2 is 1.67 bits per heavy atom. The molecule has 1 amide bonds. The van der Waals surface area contributed by atoms with Gasteiger partial charge in [0.1, 0.15) is 11.4 Å². The molecule has 1 spiro atoms. The summed E-state index contributed by atoms with van der Waals surface area (Å²) >= 11 is 0. The topological polar surface area (TPSA) is 78.8 Å². The molecule has 0 unspecified atom stereocenters. The van der Waals surface area contributed by atoms with Gasteiger partial charge in [-0.05, 0) is 47.7 Å². The first kappa shape index (κ1) is 24.5. The zero-order valence-electron chi connectivity index (χ0n) is 19.3. The van der Waals surface area contributed by atoms with E-state index in [0.29, 0.717) is 6.42 Å². The lowest BCUT2D eigenvalue weighted by Crippen LogP contribution is -2.50. The summed E-state index contributed by atoms with van der Waals surface area (Å²) in [5.41, 5.74) is -0.883. The summed E-state index contributed by atoms with van der Waals surface area (Å²) in [7, 11) is -3.57. The minimum atomic E-state index is -4.51. The Bertz CT molecular complexity index is 1450. The van der Waals surface area contributed by atoms with Crippen LogP contribution in [0.2, 0.25) is 0 Å². The fourth-order valence-electron chi connectivity index (χ4n) is 4.85. The summed E-state index contributed by atoms with van der Waals surface area (Å²) in [4.78, 5) is 17.3. The number of hydrogen-bond donors (Lipinski definition) is 1. The molecule has 5 rings (SSSR count). The van der Waals surface area contributed by atoms with Gasteiger partial charge in [-0.1, -0.05) is 54.6 Å². The van der Waals surface area contributed by atoms with Crippen molar-refractivity contribution < 1.29 is 26.4 Å². The molecule has 0 atom stereocenters. The van der Waals surface area contributed by atoms with Crippen LogP contribution in [0.4, 0.5) is 13.2 Å². The van der Waals surface area contributed by atoms with Crippen LogP contribution in [-0.4, -0.2) is 48.8 Å². The van der Waals surface area contributed by atoms with Crippen LogP contribution in [0, 0.1) is 0 Å². The third-order valence-corrected chi connectivity index (χ3v) is 8.77. The summed E-state index contributed by atoms with van der Waals surface area (Å²) in [5, 5.41) is 4.67. The van der Waals surface area contributed by atoms with Gasteiger partial charge in [0, 0.05) is 18.7 Å². The largest absolute Gasteiger partial charge is 0.416 e. The zero-order valence-corrected chi connectivity index (χ0v) is 20.1. The van der Waals surface area contributed by atoms with Crippen molar-refractivity contribution in [2.75, 3.05) is 18.8 Å². The van der Waals surface area contributed by atoms with Crippen LogP contribution in [0.3, 0.4) is 0 Å². The number of carbonyl (C=O) groups is 1. The van der Waals surface area contributed by atoms with Crippen LogP contribution >= 0.6 is 0 Å². The number of benzene rings is 3. The number of amidine groups is 1. The van der Waals surface area contributed by atoms with E-state index in [1.54, 1.807) is 0 Å². The molecule has 0 aliphatic carbocycles. The minimum Gasteiger partial charge on any atom is -0.308 e. The minimum absolute atomic E-state index is 0.0566. The third-order valence-electron chi connectivity index (χ3n) is 6.90. The Kier molecular flexibility index (Phi) is 6.12. The number of aliphatic imine (C=N–C) groups is 1. The predicted molar refractivity (Wildman–Crippen MR) is 131 cm³/mol. The van der Waals surface area contributed by atoms with Gasteiger partial charge in [-0.25, -0.2) is 12.7 Å². The molecule has 2 heterocycles. The van der Waals surface area contributed by atoms with Gasteiger partial charge in [0.2, 0.25) is 10.0 Å². The number of carbonyl (C=O) groups excluding carboxylic acids is 1. The lowest BCUT2D eigenvalue weighted by molar-refractivity contribution is -0.137.